The standard InChI is InChI=1S/C24H19ClN2O4S/c1-13-7-14(2)9-15(8-13)12-26-24-27-22(28)21(32-24)11-17-4-6-20(31-17)16-3-5-19(25)18(10-16)23(29)30/h3-11H,12H2,1-2H3,(H,29,30)(H,26,27,28)/b21-11-. The number of aromatic carboxylic acids is 1. The number of furan rings is 1. The number of nitrogens with zero attached hydrogens (tertiary/aromatic N) is 1. The average molecular weight is 467 g/mol. The summed E-state index contributed by atoms with van der Waals surface area (Å²) in [5, 5.41) is 12.7. The molecule has 0 atom stereocenters. The SMILES string of the molecule is Cc1cc(C)cc(CN=C2NC(=O)/C(=C/c3ccc(-c4ccc(Cl)c(C(=O)O)c4)o3)S2)c1. The molecule has 3 aromatic rings. The summed E-state index contributed by atoms with van der Waals surface area (Å²) in [5.74, 6) is -0.410. The minimum Gasteiger partial charge on any atom is -0.478 e. The van der Waals surface area contributed by atoms with E-state index in [9.17, 15) is 14.7 Å². The van der Waals surface area contributed by atoms with E-state index < -0.39 is 5.97 Å². The highest BCUT2D eigenvalue weighted by molar-refractivity contribution is 8.18. The maximum Gasteiger partial charge on any atom is 0.337 e. The molecule has 162 valence electrons. The van der Waals surface area contributed by atoms with Crippen LogP contribution < -0.4 is 5.32 Å². The molecule has 1 fully saturated rings. The third-order valence-corrected chi connectivity index (χ3v) is 6.00. The first-order chi connectivity index (χ1) is 15.3. The lowest BCUT2D eigenvalue weighted by Gasteiger charge is -2.02. The molecule has 4 rings (SSSR count). The molecule has 1 aromatic heterocycles. The molecule has 0 spiro atoms. The molecule has 2 heterocycles. The van der Waals surface area contributed by atoms with Crippen LogP contribution in [0, 0.1) is 13.8 Å². The van der Waals surface area contributed by atoms with Gasteiger partial charge in [-0.2, -0.15) is 0 Å². The van der Waals surface area contributed by atoms with Gasteiger partial charge in [-0.05, 0) is 61.5 Å². The second kappa shape index (κ2) is 9.06. The Morgan fingerprint density at radius 2 is 1.91 bits per heavy atom. The van der Waals surface area contributed by atoms with E-state index in [1.165, 1.54) is 35.0 Å². The predicted octanol–water partition coefficient (Wildman–Crippen LogP) is 5.68. The zero-order chi connectivity index (χ0) is 22.8. The number of nitrogens with one attached hydrogen (secondary N) is 1. The van der Waals surface area contributed by atoms with E-state index in [0.29, 0.717) is 33.7 Å². The lowest BCUT2D eigenvalue weighted by Crippen LogP contribution is -2.19. The van der Waals surface area contributed by atoms with E-state index in [0.717, 1.165) is 5.56 Å². The van der Waals surface area contributed by atoms with Crippen molar-refractivity contribution < 1.29 is 19.1 Å². The number of amidine groups is 1. The van der Waals surface area contributed by atoms with E-state index in [2.05, 4.69) is 28.5 Å². The molecule has 0 bridgehead atoms. The third kappa shape index (κ3) is 4.95. The van der Waals surface area contributed by atoms with Gasteiger partial charge in [-0.3, -0.25) is 9.79 Å². The van der Waals surface area contributed by atoms with Crippen molar-refractivity contribution in [3.8, 4) is 11.3 Å². The van der Waals surface area contributed by atoms with Crippen molar-refractivity contribution in [2.75, 3.05) is 0 Å². The summed E-state index contributed by atoms with van der Waals surface area (Å²) in [6.45, 7) is 4.56. The highest BCUT2D eigenvalue weighted by atomic mass is 35.5. The lowest BCUT2D eigenvalue weighted by molar-refractivity contribution is -0.115. The van der Waals surface area contributed by atoms with Crippen molar-refractivity contribution in [3.63, 3.8) is 0 Å². The van der Waals surface area contributed by atoms with Crippen molar-refractivity contribution in [1.82, 2.24) is 5.32 Å². The minimum atomic E-state index is -1.11. The van der Waals surface area contributed by atoms with E-state index in [1.54, 1.807) is 24.3 Å². The molecule has 1 saturated heterocycles. The maximum atomic E-state index is 12.3. The monoisotopic (exact) mass is 466 g/mol. The van der Waals surface area contributed by atoms with Gasteiger partial charge in [0.25, 0.3) is 5.91 Å². The number of carboxylic acid groups (broad SMARTS) is 1. The van der Waals surface area contributed by atoms with Crippen LogP contribution in [0.5, 0.6) is 0 Å². The van der Waals surface area contributed by atoms with Crippen LogP contribution >= 0.6 is 23.4 Å². The molecular formula is C24H19ClN2O4S. The number of hydrogen-bond acceptors (Lipinski definition) is 5. The van der Waals surface area contributed by atoms with Crippen molar-refractivity contribution in [1.29, 1.82) is 0 Å². The number of hydrogen-bond donors (Lipinski definition) is 2. The summed E-state index contributed by atoms with van der Waals surface area (Å²) < 4.78 is 5.80. The van der Waals surface area contributed by atoms with Crippen molar-refractivity contribution in [3.05, 3.63) is 86.5 Å². The van der Waals surface area contributed by atoms with Gasteiger partial charge in [-0.25, -0.2) is 4.79 Å². The van der Waals surface area contributed by atoms with Crippen LogP contribution in [0.1, 0.15) is 32.8 Å². The molecule has 6 nitrogen and oxygen atoms in total. The summed E-state index contributed by atoms with van der Waals surface area (Å²) in [5.41, 5.74) is 4.01. The average Bonchev–Trinajstić information content (AvgIpc) is 3.33. The molecule has 1 aliphatic rings. The fourth-order valence-electron chi connectivity index (χ4n) is 3.38. The van der Waals surface area contributed by atoms with Gasteiger partial charge in [-0.1, -0.05) is 40.9 Å². The molecule has 0 saturated carbocycles. The van der Waals surface area contributed by atoms with Gasteiger partial charge in [0.15, 0.2) is 5.17 Å². The number of carbonyl (C=O) groups excluding carboxylic acids is 1. The Balaban J connectivity index is 1.50. The quantitative estimate of drug-likeness (QED) is 0.472. The molecule has 8 heteroatoms. The number of carbonyl (C=O) groups is 2. The molecule has 32 heavy (non-hydrogen) atoms. The molecule has 2 aromatic carbocycles. The van der Waals surface area contributed by atoms with Gasteiger partial charge in [0.05, 0.1) is 22.0 Å². The normalized spacial score (nSPS) is 16.0. The Hall–Kier alpha value is -3.29. The van der Waals surface area contributed by atoms with Crippen LogP contribution in [0.4, 0.5) is 0 Å². The Kier molecular flexibility index (Phi) is 6.21. The highest BCUT2D eigenvalue weighted by Gasteiger charge is 2.24. The second-order valence-electron chi connectivity index (χ2n) is 7.38. The number of aliphatic imine (C=N–C) groups is 1. The van der Waals surface area contributed by atoms with Gasteiger partial charge < -0.3 is 14.8 Å². The summed E-state index contributed by atoms with van der Waals surface area (Å²) >= 11 is 7.18. The van der Waals surface area contributed by atoms with Crippen LogP contribution in [-0.4, -0.2) is 22.2 Å². The highest BCUT2D eigenvalue weighted by Crippen LogP contribution is 2.30. The van der Waals surface area contributed by atoms with E-state index in [4.69, 9.17) is 16.0 Å². The molecule has 0 unspecified atom stereocenters. The molecule has 1 amide bonds. The number of aryl methyl sites for hydroxylation is 2. The van der Waals surface area contributed by atoms with Crippen molar-refractivity contribution >= 4 is 46.5 Å². The molecule has 2 N–H and O–H groups in total. The van der Waals surface area contributed by atoms with Gasteiger partial charge in [-0.15, -0.1) is 0 Å². The Bertz CT molecular complexity index is 1270. The molecular weight excluding hydrogens is 448 g/mol. The number of amides is 1. The number of benzene rings is 2. The van der Waals surface area contributed by atoms with E-state index >= 15 is 0 Å². The number of halogens is 1. The Morgan fingerprint density at radius 3 is 2.62 bits per heavy atom. The molecule has 1 aliphatic heterocycles. The van der Waals surface area contributed by atoms with Gasteiger partial charge >= 0.3 is 5.97 Å². The van der Waals surface area contributed by atoms with E-state index in [-0.39, 0.29) is 16.5 Å². The fourth-order valence-corrected chi connectivity index (χ4v) is 4.38. The predicted molar refractivity (Wildman–Crippen MR) is 127 cm³/mol. The van der Waals surface area contributed by atoms with Crippen LogP contribution in [0.15, 0.2) is 62.8 Å². The minimum absolute atomic E-state index is 0.00384. The van der Waals surface area contributed by atoms with Crippen LogP contribution in [-0.2, 0) is 11.3 Å². The summed E-state index contributed by atoms with van der Waals surface area (Å²) in [4.78, 5) is 28.6. The largest absolute Gasteiger partial charge is 0.478 e. The summed E-state index contributed by atoms with van der Waals surface area (Å²) in [6.07, 6.45) is 1.64. The maximum absolute atomic E-state index is 12.3. The fraction of sp³-hybridized carbons (Fsp3) is 0.125. The Morgan fingerprint density at radius 1 is 1.16 bits per heavy atom. The zero-order valence-corrected chi connectivity index (χ0v) is 18.9. The first-order valence-electron chi connectivity index (χ1n) is 9.74. The molecule has 0 radical (unpaired) electrons. The van der Waals surface area contributed by atoms with Gasteiger partial charge in [0.2, 0.25) is 0 Å². The smallest absolute Gasteiger partial charge is 0.337 e. The number of carboxylic acids is 1. The molecule has 0 aliphatic carbocycles. The van der Waals surface area contributed by atoms with Crippen LogP contribution in [0.25, 0.3) is 17.4 Å². The lowest BCUT2D eigenvalue weighted by atomic mass is 10.1. The third-order valence-electron chi connectivity index (χ3n) is 4.72. The number of rotatable bonds is 5. The topological polar surface area (TPSA) is 91.9 Å². The first-order valence-corrected chi connectivity index (χ1v) is 10.9. The van der Waals surface area contributed by atoms with Crippen LogP contribution in [0.2, 0.25) is 5.02 Å². The van der Waals surface area contributed by atoms with Crippen LogP contribution in [0.3, 0.4) is 0 Å². The van der Waals surface area contributed by atoms with Gasteiger partial charge in [0, 0.05) is 11.6 Å². The first kappa shape index (κ1) is 21.9. The van der Waals surface area contributed by atoms with Gasteiger partial charge in [0.1, 0.15) is 11.5 Å². The zero-order valence-electron chi connectivity index (χ0n) is 17.3. The Labute approximate surface area is 194 Å². The van der Waals surface area contributed by atoms with Crippen molar-refractivity contribution in [2.24, 2.45) is 4.99 Å². The number of thioether (sulfide) groups is 1. The summed E-state index contributed by atoms with van der Waals surface area (Å²) in [7, 11) is 0. The second-order valence-corrected chi connectivity index (χ2v) is 8.82. The summed E-state index contributed by atoms with van der Waals surface area (Å²) in [6, 6.07) is 14.3. The van der Waals surface area contributed by atoms with Crippen molar-refractivity contribution in [2.45, 2.75) is 20.4 Å². The van der Waals surface area contributed by atoms with E-state index in [1.807, 2.05) is 13.8 Å².